The van der Waals surface area contributed by atoms with Crippen molar-refractivity contribution in [2.24, 2.45) is 0 Å². The third-order valence-corrected chi connectivity index (χ3v) is 2.75. The maximum atomic E-state index is 5.71. The first kappa shape index (κ1) is 13.3. The van der Waals surface area contributed by atoms with Crippen molar-refractivity contribution in [3.63, 3.8) is 0 Å². The predicted octanol–water partition coefficient (Wildman–Crippen LogP) is 2.92. The molecule has 3 nitrogen and oxygen atoms in total. The zero-order chi connectivity index (χ0) is 12.0. The Kier molecular flexibility index (Phi) is 5.56. The SMILES string of the molecule is CCc1ccc([C@H](C)N[C@@H](C)CCOC)o1. The number of methoxy groups -OCH3 is 1. The standard InChI is InChI=1S/C13H23NO2/c1-5-12-6-7-13(16-12)11(3)14-10(2)8-9-15-4/h6-7,10-11,14H,5,8-9H2,1-4H3/t10-,11-/m0/s1. The minimum atomic E-state index is 0.257. The van der Waals surface area contributed by atoms with E-state index in [1.54, 1.807) is 7.11 Å². The molecule has 0 aliphatic carbocycles. The molecule has 0 saturated heterocycles. The summed E-state index contributed by atoms with van der Waals surface area (Å²) >= 11 is 0. The highest BCUT2D eigenvalue weighted by Gasteiger charge is 2.12. The summed E-state index contributed by atoms with van der Waals surface area (Å²) in [7, 11) is 1.73. The average Bonchev–Trinajstić information content (AvgIpc) is 2.74. The number of furan rings is 1. The van der Waals surface area contributed by atoms with Gasteiger partial charge in [0.1, 0.15) is 11.5 Å². The highest BCUT2D eigenvalue weighted by molar-refractivity contribution is 5.10. The van der Waals surface area contributed by atoms with Gasteiger partial charge < -0.3 is 14.5 Å². The topological polar surface area (TPSA) is 34.4 Å². The molecule has 0 amide bonds. The van der Waals surface area contributed by atoms with Gasteiger partial charge in [-0.1, -0.05) is 6.92 Å². The Balaban J connectivity index is 2.41. The second kappa shape index (κ2) is 6.71. The molecule has 1 aromatic rings. The quantitative estimate of drug-likeness (QED) is 0.774. The zero-order valence-corrected chi connectivity index (χ0v) is 10.7. The molecule has 0 aliphatic heterocycles. The van der Waals surface area contributed by atoms with Gasteiger partial charge in [0.15, 0.2) is 0 Å². The van der Waals surface area contributed by atoms with E-state index in [1.807, 2.05) is 6.07 Å². The fourth-order valence-corrected chi connectivity index (χ4v) is 1.70. The molecule has 1 N–H and O–H groups in total. The molecule has 1 rings (SSSR count). The lowest BCUT2D eigenvalue weighted by molar-refractivity contribution is 0.182. The Labute approximate surface area is 98.2 Å². The number of hydrogen-bond donors (Lipinski definition) is 1. The highest BCUT2D eigenvalue weighted by Crippen LogP contribution is 2.17. The number of ether oxygens (including phenoxy) is 1. The third kappa shape index (κ3) is 3.99. The number of rotatable bonds is 7. The van der Waals surface area contributed by atoms with Gasteiger partial charge in [0.05, 0.1) is 6.04 Å². The van der Waals surface area contributed by atoms with Crippen molar-refractivity contribution in [3.05, 3.63) is 23.7 Å². The van der Waals surface area contributed by atoms with Crippen molar-refractivity contribution in [2.75, 3.05) is 13.7 Å². The van der Waals surface area contributed by atoms with E-state index in [1.165, 1.54) is 0 Å². The summed E-state index contributed by atoms with van der Waals surface area (Å²) in [5.41, 5.74) is 0. The molecule has 0 spiro atoms. The molecule has 0 aliphatic rings. The van der Waals surface area contributed by atoms with E-state index in [0.717, 1.165) is 31.0 Å². The molecule has 0 bridgehead atoms. The molecule has 3 heteroatoms. The summed E-state index contributed by atoms with van der Waals surface area (Å²) in [5, 5.41) is 3.49. The second-order valence-corrected chi connectivity index (χ2v) is 4.23. The van der Waals surface area contributed by atoms with Crippen LogP contribution in [0.4, 0.5) is 0 Å². The first-order valence-corrected chi connectivity index (χ1v) is 6.01. The number of nitrogens with one attached hydrogen (secondary N) is 1. The Morgan fingerprint density at radius 1 is 1.38 bits per heavy atom. The highest BCUT2D eigenvalue weighted by atomic mass is 16.5. The second-order valence-electron chi connectivity index (χ2n) is 4.23. The molecular formula is C13H23NO2. The summed E-state index contributed by atoms with van der Waals surface area (Å²) in [6, 6.07) is 4.80. The first-order valence-electron chi connectivity index (χ1n) is 6.01. The molecule has 16 heavy (non-hydrogen) atoms. The molecule has 0 unspecified atom stereocenters. The van der Waals surface area contributed by atoms with Crippen LogP contribution in [0.15, 0.2) is 16.5 Å². The van der Waals surface area contributed by atoms with E-state index >= 15 is 0 Å². The Morgan fingerprint density at radius 3 is 2.69 bits per heavy atom. The van der Waals surface area contributed by atoms with Crippen LogP contribution < -0.4 is 5.32 Å². The Bertz CT molecular complexity index is 296. The Morgan fingerprint density at radius 2 is 2.12 bits per heavy atom. The van der Waals surface area contributed by atoms with Crippen LogP contribution in [0.5, 0.6) is 0 Å². The molecule has 0 fully saturated rings. The molecule has 1 heterocycles. The maximum Gasteiger partial charge on any atom is 0.120 e. The van der Waals surface area contributed by atoms with Crippen LogP contribution in [-0.4, -0.2) is 19.8 Å². The molecule has 0 aromatic carbocycles. The minimum Gasteiger partial charge on any atom is -0.464 e. The van der Waals surface area contributed by atoms with Crippen molar-refractivity contribution >= 4 is 0 Å². The van der Waals surface area contributed by atoms with Gasteiger partial charge in [0, 0.05) is 26.2 Å². The smallest absolute Gasteiger partial charge is 0.120 e. The largest absolute Gasteiger partial charge is 0.464 e. The van der Waals surface area contributed by atoms with Crippen LogP contribution in [0.25, 0.3) is 0 Å². The van der Waals surface area contributed by atoms with Gasteiger partial charge in [-0.25, -0.2) is 0 Å². The van der Waals surface area contributed by atoms with E-state index in [2.05, 4.69) is 32.2 Å². The fourth-order valence-electron chi connectivity index (χ4n) is 1.70. The van der Waals surface area contributed by atoms with Crippen LogP contribution >= 0.6 is 0 Å². The van der Waals surface area contributed by atoms with E-state index in [9.17, 15) is 0 Å². The lowest BCUT2D eigenvalue weighted by Crippen LogP contribution is -2.29. The zero-order valence-electron chi connectivity index (χ0n) is 10.7. The summed E-state index contributed by atoms with van der Waals surface area (Å²) in [6.07, 6.45) is 1.97. The third-order valence-electron chi connectivity index (χ3n) is 2.75. The van der Waals surface area contributed by atoms with Gasteiger partial charge >= 0.3 is 0 Å². The van der Waals surface area contributed by atoms with Crippen molar-refractivity contribution in [3.8, 4) is 0 Å². The summed E-state index contributed by atoms with van der Waals surface area (Å²) in [4.78, 5) is 0. The van der Waals surface area contributed by atoms with Crippen molar-refractivity contribution in [1.82, 2.24) is 5.32 Å². The van der Waals surface area contributed by atoms with Crippen LogP contribution in [0, 0.1) is 0 Å². The van der Waals surface area contributed by atoms with E-state index in [4.69, 9.17) is 9.15 Å². The van der Waals surface area contributed by atoms with E-state index < -0.39 is 0 Å². The van der Waals surface area contributed by atoms with Crippen molar-refractivity contribution < 1.29 is 9.15 Å². The summed E-state index contributed by atoms with van der Waals surface area (Å²) in [6.45, 7) is 7.18. The van der Waals surface area contributed by atoms with Gasteiger partial charge in [0.25, 0.3) is 0 Å². The minimum absolute atomic E-state index is 0.257. The summed E-state index contributed by atoms with van der Waals surface area (Å²) < 4.78 is 10.8. The van der Waals surface area contributed by atoms with Gasteiger partial charge in [-0.15, -0.1) is 0 Å². The predicted molar refractivity (Wildman–Crippen MR) is 65.6 cm³/mol. The number of hydrogen-bond acceptors (Lipinski definition) is 3. The van der Waals surface area contributed by atoms with Crippen LogP contribution in [-0.2, 0) is 11.2 Å². The average molecular weight is 225 g/mol. The van der Waals surface area contributed by atoms with Gasteiger partial charge in [-0.05, 0) is 32.4 Å². The number of aryl methyl sites for hydroxylation is 1. The van der Waals surface area contributed by atoms with Crippen LogP contribution in [0.2, 0.25) is 0 Å². The lowest BCUT2D eigenvalue weighted by atomic mass is 10.2. The lowest BCUT2D eigenvalue weighted by Gasteiger charge is -2.18. The maximum absolute atomic E-state index is 5.71. The molecule has 1 aromatic heterocycles. The van der Waals surface area contributed by atoms with Gasteiger partial charge in [-0.3, -0.25) is 0 Å². The van der Waals surface area contributed by atoms with Crippen LogP contribution in [0.1, 0.15) is 44.8 Å². The van der Waals surface area contributed by atoms with E-state index in [-0.39, 0.29) is 6.04 Å². The normalized spacial score (nSPS) is 15.0. The van der Waals surface area contributed by atoms with Crippen molar-refractivity contribution in [2.45, 2.75) is 45.7 Å². The monoisotopic (exact) mass is 225 g/mol. The van der Waals surface area contributed by atoms with Gasteiger partial charge in [0.2, 0.25) is 0 Å². The fraction of sp³-hybridized carbons (Fsp3) is 0.692. The van der Waals surface area contributed by atoms with E-state index in [0.29, 0.717) is 6.04 Å². The Hall–Kier alpha value is -0.800. The van der Waals surface area contributed by atoms with Crippen LogP contribution in [0.3, 0.4) is 0 Å². The van der Waals surface area contributed by atoms with Crippen molar-refractivity contribution in [1.29, 1.82) is 0 Å². The molecule has 2 atom stereocenters. The van der Waals surface area contributed by atoms with Gasteiger partial charge in [-0.2, -0.15) is 0 Å². The summed E-state index contributed by atoms with van der Waals surface area (Å²) in [5.74, 6) is 2.06. The molecular weight excluding hydrogens is 202 g/mol. The molecule has 92 valence electrons. The molecule has 0 radical (unpaired) electrons. The molecule has 0 saturated carbocycles. The first-order chi connectivity index (χ1) is 7.67.